The summed E-state index contributed by atoms with van der Waals surface area (Å²) in [5.41, 5.74) is 0. The molecule has 0 bridgehead atoms. The predicted octanol–water partition coefficient (Wildman–Crippen LogP) is 1.79. The van der Waals surface area contributed by atoms with Crippen LogP contribution in [0.2, 0.25) is 0 Å². The van der Waals surface area contributed by atoms with Gasteiger partial charge in [-0.05, 0) is 37.9 Å². The second kappa shape index (κ2) is 13.6. The Morgan fingerprint density at radius 2 is 1.96 bits per heavy atom. The fourth-order valence-electron chi connectivity index (χ4n) is 3.24. The van der Waals surface area contributed by atoms with Crippen LogP contribution in [0.3, 0.4) is 0 Å². The fourth-order valence-corrected chi connectivity index (χ4v) is 3.24. The minimum atomic E-state index is 0. The van der Waals surface area contributed by atoms with E-state index in [0.29, 0.717) is 13.2 Å². The Kier molecular flexibility index (Phi) is 11.9. The second-order valence-corrected chi connectivity index (χ2v) is 6.87. The number of guanidine groups is 1. The van der Waals surface area contributed by atoms with Gasteiger partial charge in [0.1, 0.15) is 12.4 Å². The largest absolute Gasteiger partial charge is 0.492 e. The van der Waals surface area contributed by atoms with Gasteiger partial charge in [-0.3, -0.25) is 14.7 Å². The van der Waals surface area contributed by atoms with E-state index in [1.54, 1.807) is 11.9 Å². The molecule has 0 aromatic heterocycles. The molecular weight excluding hydrogens is 469 g/mol. The monoisotopic (exact) mass is 503 g/mol. The number of nitrogens with one attached hydrogen (secondary N) is 2. The van der Waals surface area contributed by atoms with Gasteiger partial charge in [0, 0.05) is 34.2 Å². The minimum Gasteiger partial charge on any atom is -0.492 e. The van der Waals surface area contributed by atoms with Crippen LogP contribution in [0.1, 0.15) is 19.3 Å². The quantitative estimate of drug-likeness (QED) is 0.233. The molecule has 28 heavy (non-hydrogen) atoms. The van der Waals surface area contributed by atoms with Crippen molar-refractivity contribution < 1.29 is 9.53 Å². The number of likely N-dealkylation sites (N-methyl/N-ethyl adjacent to an activating group) is 1. The average Bonchev–Trinajstić information content (AvgIpc) is 3.15. The van der Waals surface area contributed by atoms with Crippen LogP contribution >= 0.6 is 24.0 Å². The zero-order chi connectivity index (χ0) is 19.5. The van der Waals surface area contributed by atoms with Crippen molar-refractivity contribution in [2.75, 3.05) is 53.9 Å². The molecule has 7 nitrogen and oxygen atoms in total. The number of carbonyl (C=O) groups is 1. The van der Waals surface area contributed by atoms with E-state index in [-0.39, 0.29) is 35.9 Å². The fraction of sp³-hybridized carbons (Fsp3) is 0.600. The molecule has 0 radical (unpaired) electrons. The summed E-state index contributed by atoms with van der Waals surface area (Å²) in [4.78, 5) is 20.5. The smallest absolute Gasteiger partial charge is 0.239 e. The summed E-state index contributed by atoms with van der Waals surface area (Å²) >= 11 is 0. The Labute approximate surface area is 185 Å². The number of nitrogens with zero attached hydrogens (tertiary/aromatic N) is 3. The first-order chi connectivity index (χ1) is 13.1. The van der Waals surface area contributed by atoms with Crippen molar-refractivity contribution in [1.82, 2.24) is 20.4 Å². The van der Waals surface area contributed by atoms with Gasteiger partial charge in [-0.2, -0.15) is 0 Å². The van der Waals surface area contributed by atoms with Crippen LogP contribution in [0.15, 0.2) is 35.3 Å². The molecule has 1 saturated heterocycles. The highest BCUT2D eigenvalue weighted by Gasteiger charge is 2.30. The van der Waals surface area contributed by atoms with E-state index in [1.165, 1.54) is 0 Å². The number of aliphatic imine (C=N–C) groups is 1. The maximum absolute atomic E-state index is 12.2. The molecule has 1 atom stereocenters. The van der Waals surface area contributed by atoms with Gasteiger partial charge in [0.05, 0.1) is 12.6 Å². The molecule has 0 spiro atoms. The molecule has 1 aliphatic heterocycles. The first-order valence-electron chi connectivity index (χ1n) is 9.69. The van der Waals surface area contributed by atoms with Crippen molar-refractivity contribution in [3.05, 3.63) is 30.3 Å². The lowest BCUT2D eigenvalue weighted by atomic mass is 10.2. The summed E-state index contributed by atoms with van der Waals surface area (Å²) < 4.78 is 5.66. The van der Waals surface area contributed by atoms with E-state index in [1.807, 2.05) is 44.4 Å². The molecule has 1 aliphatic rings. The lowest BCUT2D eigenvalue weighted by Crippen LogP contribution is -2.44. The third kappa shape index (κ3) is 8.22. The first kappa shape index (κ1) is 24.5. The van der Waals surface area contributed by atoms with Gasteiger partial charge in [0.25, 0.3) is 0 Å². The van der Waals surface area contributed by atoms with Crippen LogP contribution in [0, 0.1) is 0 Å². The van der Waals surface area contributed by atoms with E-state index in [2.05, 4.69) is 20.5 Å². The maximum atomic E-state index is 12.2. The molecule has 0 aliphatic carbocycles. The van der Waals surface area contributed by atoms with Crippen LogP contribution in [0.25, 0.3) is 0 Å². The van der Waals surface area contributed by atoms with Gasteiger partial charge < -0.3 is 20.3 Å². The van der Waals surface area contributed by atoms with E-state index < -0.39 is 0 Å². The number of hydrogen-bond donors (Lipinski definition) is 2. The third-order valence-corrected chi connectivity index (χ3v) is 4.63. The highest BCUT2D eigenvalue weighted by molar-refractivity contribution is 14.0. The third-order valence-electron chi connectivity index (χ3n) is 4.63. The minimum absolute atomic E-state index is 0. The van der Waals surface area contributed by atoms with Crippen LogP contribution in [-0.4, -0.2) is 81.6 Å². The van der Waals surface area contributed by atoms with Gasteiger partial charge in [-0.15, -0.1) is 24.0 Å². The van der Waals surface area contributed by atoms with Crippen molar-refractivity contribution >= 4 is 35.8 Å². The summed E-state index contributed by atoms with van der Waals surface area (Å²) in [5, 5.41) is 6.57. The average molecular weight is 503 g/mol. The number of ether oxygens (including phenoxy) is 1. The van der Waals surface area contributed by atoms with E-state index in [4.69, 9.17) is 4.74 Å². The van der Waals surface area contributed by atoms with Crippen molar-refractivity contribution in [2.24, 2.45) is 4.99 Å². The standard InChI is InChI=1S/C20H33N5O2.HI/c1-21-20(23-13-16-27-17-9-5-4-6-10-17)22-12-8-15-25-14-7-11-18(25)19(26)24(2)3;/h4-6,9-10,18H,7-8,11-16H2,1-3H3,(H2,21,22,23);1H. The lowest BCUT2D eigenvalue weighted by molar-refractivity contribution is -0.133. The van der Waals surface area contributed by atoms with Gasteiger partial charge in [0.2, 0.25) is 5.91 Å². The highest BCUT2D eigenvalue weighted by Crippen LogP contribution is 2.18. The lowest BCUT2D eigenvalue weighted by Gasteiger charge is -2.26. The van der Waals surface area contributed by atoms with Gasteiger partial charge in [0.15, 0.2) is 5.96 Å². The summed E-state index contributed by atoms with van der Waals surface area (Å²) in [7, 11) is 5.43. The summed E-state index contributed by atoms with van der Waals surface area (Å²) in [6.07, 6.45) is 3.04. The van der Waals surface area contributed by atoms with Crippen LogP contribution < -0.4 is 15.4 Å². The normalized spacial score (nSPS) is 17.0. The van der Waals surface area contributed by atoms with E-state index in [0.717, 1.165) is 50.6 Å². The zero-order valence-electron chi connectivity index (χ0n) is 17.2. The molecule has 0 saturated carbocycles. The molecule has 1 heterocycles. The molecule has 8 heteroatoms. The SMILES string of the molecule is CN=C(NCCCN1CCCC1C(=O)N(C)C)NCCOc1ccccc1.I. The van der Waals surface area contributed by atoms with Crippen molar-refractivity contribution in [3.63, 3.8) is 0 Å². The van der Waals surface area contributed by atoms with Crippen molar-refractivity contribution in [2.45, 2.75) is 25.3 Å². The summed E-state index contributed by atoms with van der Waals surface area (Å²) in [5.74, 6) is 1.86. The number of benzene rings is 1. The maximum Gasteiger partial charge on any atom is 0.239 e. The van der Waals surface area contributed by atoms with Crippen LogP contribution in [0.4, 0.5) is 0 Å². The molecule has 2 N–H and O–H groups in total. The molecule has 1 unspecified atom stereocenters. The van der Waals surface area contributed by atoms with Gasteiger partial charge in [-0.1, -0.05) is 18.2 Å². The first-order valence-corrected chi connectivity index (χ1v) is 9.69. The Morgan fingerprint density at radius 3 is 2.64 bits per heavy atom. The molecule has 2 rings (SSSR count). The number of halogens is 1. The Bertz CT molecular complexity index is 598. The van der Waals surface area contributed by atoms with Gasteiger partial charge in [-0.25, -0.2) is 0 Å². The topological polar surface area (TPSA) is 69.2 Å². The second-order valence-electron chi connectivity index (χ2n) is 6.87. The predicted molar refractivity (Wildman–Crippen MR) is 125 cm³/mol. The molecule has 1 fully saturated rings. The number of likely N-dealkylation sites (tertiary alicyclic amines) is 1. The summed E-state index contributed by atoms with van der Waals surface area (Å²) in [6.45, 7) is 4.00. The summed E-state index contributed by atoms with van der Waals surface area (Å²) in [6, 6.07) is 9.82. The van der Waals surface area contributed by atoms with Gasteiger partial charge >= 0.3 is 0 Å². The molecule has 1 aromatic carbocycles. The Hall–Kier alpha value is -1.55. The number of carbonyl (C=O) groups excluding carboxylic acids is 1. The van der Waals surface area contributed by atoms with Crippen molar-refractivity contribution in [1.29, 1.82) is 0 Å². The van der Waals surface area contributed by atoms with Crippen LogP contribution in [0.5, 0.6) is 5.75 Å². The Morgan fingerprint density at radius 1 is 1.25 bits per heavy atom. The molecule has 1 amide bonds. The number of hydrogen-bond acceptors (Lipinski definition) is 4. The molecule has 1 aromatic rings. The number of amides is 1. The highest BCUT2D eigenvalue weighted by atomic mass is 127. The molecular formula is C20H34IN5O2. The Balaban J connectivity index is 0.00000392. The zero-order valence-corrected chi connectivity index (χ0v) is 19.5. The number of para-hydroxylation sites is 1. The number of rotatable bonds is 9. The van der Waals surface area contributed by atoms with Crippen molar-refractivity contribution in [3.8, 4) is 5.75 Å². The molecule has 158 valence electrons. The van der Waals surface area contributed by atoms with E-state index >= 15 is 0 Å². The van der Waals surface area contributed by atoms with Crippen LogP contribution in [-0.2, 0) is 4.79 Å². The van der Waals surface area contributed by atoms with E-state index in [9.17, 15) is 4.79 Å².